The van der Waals surface area contributed by atoms with Crippen LogP contribution in [-0.2, 0) is 0 Å². The molecule has 5 heteroatoms. The first kappa shape index (κ1) is 7.14. The summed E-state index contributed by atoms with van der Waals surface area (Å²) < 4.78 is 0.377. The summed E-state index contributed by atoms with van der Waals surface area (Å²) in [6.45, 7) is 0. The van der Waals surface area contributed by atoms with Crippen LogP contribution in [-0.4, -0.2) is 4.98 Å². The molecule has 1 rings (SSSR count). The van der Waals surface area contributed by atoms with E-state index in [0.717, 1.165) is 0 Å². The van der Waals surface area contributed by atoms with Gasteiger partial charge in [0.15, 0.2) is 5.69 Å². The second kappa shape index (κ2) is 2.74. The topological polar surface area (TPSA) is 68.3 Å². The van der Waals surface area contributed by atoms with Gasteiger partial charge in [-0.3, -0.25) is 0 Å². The van der Waals surface area contributed by atoms with E-state index in [1.165, 1.54) is 12.3 Å². The number of pyridine rings is 1. The standard InChI is InChI=1S/C5H4BrN3O/c6-5-4(9-10)3(7)1-2-8-5/h1-2H,(H2,7,8). The van der Waals surface area contributed by atoms with Gasteiger partial charge in [0.2, 0.25) is 0 Å². The van der Waals surface area contributed by atoms with Crippen LogP contribution in [0.4, 0.5) is 11.4 Å². The number of nitroso groups, excluding NO2 is 1. The van der Waals surface area contributed by atoms with Crippen LogP contribution >= 0.6 is 15.9 Å². The van der Waals surface area contributed by atoms with E-state index in [0.29, 0.717) is 10.3 Å². The van der Waals surface area contributed by atoms with Gasteiger partial charge in [-0.1, -0.05) is 0 Å². The molecule has 0 aliphatic rings. The minimum absolute atomic E-state index is 0.155. The average molecular weight is 202 g/mol. The summed E-state index contributed by atoms with van der Waals surface area (Å²) in [7, 11) is 0. The van der Waals surface area contributed by atoms with Crippen LogP contribution in [0.25, 0.3) is 0 Å². The summed E-state index contributed by atoms with van der Waals surface area (Å²) in [4.78, 5) is 13.8. The number of aromatic nitrogens is 1. The molecular weight excluding hydrogens is 198 g/mol. The van der Waals surface area contributed by atoms with E-state index in [4.69, 9.17) is 5.73 Å². The fourth-order valence-electron chi connectivity index (χ4n) is 0.533. The maximum atomic E-state index is 10.0. The fourth-order valence-corrected chi connectivity index (χ4v) is 0.952. The number of anilines is 1. The predicted molar refractivity (Wildman–Crippen MR) is 41.8 cm³/mol. The Kier molecular flexibility index (Phi) is 1.96. The Morgan fingerprint density at radius 1 is 1.70 bits per heavy atom. The molecule has 0 unspecified atom stereocenters. The summed E-state index contributed by atoms with van der Waals surface area (Å²) in [6, 6.07) is 1.52. The van der Waals surface area contributed by atoms with Crippen molar-refractivity contribution < 1.29 is 0 Å². The van der Waals surface area contributed by atoms with Crippen LogP contribution in [0.3, 0.4) is 0 Å². The van der Waals surface area contributed by atoms with Crippen LogP contribution in [0.15, 0.2) is 22.0 Å². The van der Waals surface area contributed by atoms with Crippen molar-refractivity contribution in [1.82, 2.24) is 4.98 Å². The Labute approximate surface area is 65.6 Å². The molecule has 0 atom stereocenters. The van der Waals surface area contributed by atoms with Crippen molar-refractivity contribution in [1.29, 1.82) is 0 Å². The summed E-state index contributed by atoms with van der Waals surface area (Å²) in [5, 5.41) is 2.69. The number of nitrogens with two attached hydrogens (primary N) is 1. The van der Waals surface area contributed by atoms with Gasteiger partial charge in [-0.15, -0.1) is 4.91 Å². The van der Waals surface area contributed by atoms with Gasteiger partial charge in [-0.05, 0) is 27.2 Å². The number of nitrogens with zero attached hydrogens (tertiary/aromatic N) is 2. The summed E-state index contributed by atoms with van der Waals surface area (Å²) in [6.07, 6.45) is 1.49. The molecule has 4 nitrogen and oxygen atoms in total. The maximum Gasteiger partial charge on any atom is 0.163 e. The number of hydrogen-bond donors (Lipinski definition) is 1. The first-order valence-electron chi connectivity index (χ1n) is 2.49. The van der Waals surface area contributed by atoms with Gasteiger partial charge in [0.25, 0.3) is 0 Å². The first-order chi connectivity index (χ1) is 4.75. The lowest BCUT2D eigenvalue weighted by atomic mass is 10.4. The third-order valence-corrected chi connectivity index (χ3v) is 1.58. The molecule has 0 saturated carbocycles. The molecule has 0 aliphatic heterocycles. The Balaban J connectivity index is 3.30. The van der Waals surface area contributed by atoms with Gasteiger partial charge in [0, 0.05) is 6.20 Å². The smallest absolute Gasteiger partial charge is 0.163 e. The van der Waals surface area contributed by atoms with E-state index in [-0.39, 0.29) is 5.69 Å². The largest absolute Gasteiger partial charge is 0.397 e. The lowest BCUT2D eigenvalue weighted by molar-refractivity contribution is 1.25. The van der Waals surface area contributed by atoms with Crippen molar-refractivity contribution in [2.75, 3.05) is 5.73 Å². The van der Waals surface area contributed by atoms with Crippen LogP contribution in [0.1, 0.15) is 0 Å². The van der Waals surface area contributed by atoms with Gasteiger partial charge < -0.3 is 5.73 Å². The van der Waals surface area contributed by atoms with Crippen LogP contribution in [0.2, 0.25) is 0 Å². The number of hydrogen-bond acceptors (Lipinski definition) is 4. The molecule has 0 bridgehead atoms. The molecule has 1 aromatic heterocycles. The van der Waals surface area contributed by atoms with E-state index >= 15 is 0 Å². The van der Waals surface area contributed by atoms with E-state index < -0.39 is 0 Å². The molecule has 1 aromatic rings. The highest BCUT2D eigenvalue weighted by molar-refractivity contribution is 9.10. The summed E-state index contributed by atoms with van der Waals surface area (Å²) in [5.41, 5.74) is 5.85. The fraction of sp³-hybridized carbons (Fsp3) is 0. The molecule has 0 spiro atoms. The van der Waals surface area contributed by atoms with Crippen molar-refractivity contribution in [2.24, 2.45) is 5.18 Å². The molecular formula is C5H4BrN3O. The molecule has 0 radical (unpaired) electrons. The zero-order valence-corrected chi connectivity index (χ0v) is 6.50. The van der Waals surface area contributed by atoms with Crippen molar-refractivity contribution in [2.45, 2.75) is 0 Å². The molecule has 1 heterocycles. The average Bonchev–Trinajstić information content (AvgIpc) is 1.88. The minimum atomic E-state index is 0.155. The second-order valence-corrected chi connectivity index (χ2v) is 2.38. The quantitative estimate of drug-likeness (QED) is 0.557. The van der Waals surface area contributed by atoms with Crippen molar-refractivity contribution >= 4 is 27.3 Å². The van der Waals surface area contributed by atoms with Crippen LogP contribution in [0, 0.1) is 4.91 Å². The Hall–Kier alpha value is -0.970. The Morgan fingerprint density at radius 3 is 2.80 bits per heavy atom. The number of halogens is 1. The first-order valence-corrected chi connectivity index (χ1v) is 3.28. The van der Waals surface area contributed by atoms with E-state index in [9.17, 15) is 4.91 Å². The van der Waals surface area contributed by atoms with E-state index in [2.05, 4.69) is 26.1 Å². The molecule has 10 heavy (non-hydrogen) atoms. The third-order valence-electron chi connectivity index (χ3n) is 1.00. The normalized spacial score (nSPS) is 9.30. The van der Waals surface area contributed by atoms with Gasteiger partial charge >= 0.3 is 0 Å². The molecule has 0 saturated heterocycles. The highest BCUT2D eigenvalue weighted by atomic mass is 79.9. The Bertz CT molecular complexity index is 243. The number of nitrogen functional groups attached to an aromatic ring is 1. The molecule has 0 aliphatic carbocycles. The molecule has 52 valence electrons. The summed E-state index contributed by atoms with van der Waals surface area (Å²) in [5.74, 6) is 0. The molecule has 2 N–H and O–H groups in total. The molecule has 0 amide bonds. The van der Waals surface area contributed by atoms with Crippen LogP contribution in [0.5, 0.6) is 0 Å². The van der Waals surface area contributed by atoms with Crippen molar-refractivity contribution in [3.63, 3.8) is 0 Å². The monoisotopic (exact) mass is 201 g/mol. The van der Waals surface area contributed by atoms with Gasteiger partial charge in [0.05, 0.1) is 5.69 Å². The zero-order valence-electron chi connectivity index (χ0n) is 4.91. The SMILES string of the molecule is Nc1ccnc(Br)c1N=O. The zero-order chi connectivity index (χ0) is 7.56. The molecule has 0 fully saturated rings. The van der Waals surface area contributed by atoms with Gasteiger partial charge in [0.1, 0.15) is 4.60 Å². The van der Waals surface area contributed by atoms with Crippen molar-refractivity contribution in [3.05, 3.63) is 21.8 Å². The number of rotatable bonds is 1. The maximum absolute atomic E-state index is 10.0. The highest BCUT2D eigenvalue weighted by Crippen LogP contribution is 2.28. The lowest BCUT2D eigenvalue weighted by Crippen LogP contribution is -1.86. The second-order valence-electron chi connectivity index (χ2n) is 1.63. The Morgan fingerprint density at radius 2 is 2.40 bits per heavy atom. The highest BCUT2D eigenvalue weighted by Gasteiger charge is 2.03. The minimum Gasteiger partial charge on any atom is -0.397 e. The lowest BCUT2D eigenvalue weighted by Gasteiger charge is -1.95. The van der Waals surface area contributed by atoms with E-state index in [1.54, 1.807) is 0 Å². The summed E-state index contributed by atoms with van der Waals surface area (Å²) >= 11 is 3.02. The van der Waals surface area contributed by atoms with Gasteiger partial charge in [-0.2, -0.15) is 0 Å². The molecule has 0 aromatic carbocycles. The predicted octanol–water partition coefficient (Wildman–Crippen LogP) is 1.82. The van der Waals surface area contributed by atoms with Crippen LogP contribution < -0.4 is 5.73 Å². The third kappa shape index (κ3) is 1.13. The van der Waals surface area contributed by atoms with Crippen molar-refractivity contribution in [3.8, 4) is 0 Å². The van der Waals surface area contributed by atoms with Gasteiger partial charge in [-0.25, -0.2) is 4.98 Å². The van der Waals surface area contributed by atoms with E-state index in [1.807, 2.05) is 0 Å².